The van der Waals surface area contributed by atoms with Crippen molar-refractivity contribution in [2.24, 2.45) is 11.3 Å². The summed E-state index contributed by atoms with van der Waals surface area (Å²) < 4.78 is 44.0. The summed E-state index contributed by atoms with van der Waals surface area (Å²) in [6, 6.07) is 0. The zero-order valence-corrected chi connectivity index (χ0v) is 14.8. The summed E-state index contributed by atoms with van der Waals surface area (Å²) in [5, 5.41) is 0. The highest BCUT2D eigenvalue weighted by Gasteiger charge is 2.64. The van der Waals surface area contributed by atoms with Crippen LogP contribution in [0.25, 0.3) is 0 Å². The molecule has 0 N–H and O–H groups in total. The number of ether oxygens (including phenoxy) is 3. The molecule has 0 saturated heterocycles. The Hall–Kier alpha value is -0.260. The molecule has 4 aliphatic rings. The largest absolute Gasteiger partial charge is 0.378 e. The normalized spacial score (nSPS) is 42.7. The molecule has 4 fully saturated rings. The average molecular weight is 332 g/mol. The third kappa shape index (κ3) is 3.57. The zero-order valence-electron chi connectivity index (χ0n) is 14.8. The molecule has 0 aromatic rings. The Morgan fingerprint density at radius 3 is 2.35 bits per heavy atom. The number of rotatable bonds is 7. The van der Waals surface area contributed by atoms with Crippen LogP contribution in [-0.4, -0.2) is 43.6 Å². The molecule has 4 unspecified atom stereocenters. The van der Waals surface area contributed by atoms with E-state index >= 15 is 0 Å². The lowest BCUT2D eigenvalue weighted by molar-refractivity contribution is -0.273. The Morgan fingerprint density at radius 1 is 1.09 bits per heavy atom. The summed E-state index contributed by atoms with van der Waals surface area (Å²) >= 11 is 0. The molecule has 0 amide bonds. The fraction of sp³-hybridized carbons (Fsp3) is 1.00. The summed E-state index contributed by atoms with van der Waals surface area (Å²) in [7, 11) is 1.78. The van der Waals surface area contributed by atoms with E-state index < -0.39 is 12.5 Å². The molecule has 4 bridgehead atoms. The summed E-state index contributed by atoms with van der Waals surface area (Å²) in [5.74, 6) is -2.22. The monoisotopic (exact) mass is 332 g/mol. The minimum absolute atomic E-state index is 0.0738. The van der Waals surface area contributed by atoms with Crippen LogP contribution in [-0.2, 0) is 14.2 Å². The van der Waals surface area contributed by atoms with Crippen molar-refractivity contribution in [3.05, 3.63) is 0 Å². The van der Waals surface area contributed by atoms with Crippen LogP contribution in [0.4, 0.5) is 8.78 Å². The number of methoxy groups -OCH3 is 1. The predicted molar refractivity (Wildman–Crippen MR) is 83.8 cm³/mol. The van der Waals surface area contributed by atoms with Crippen LogP contribution in [0.2, 0.25) is 0 Å². The fourth-order valence-corrected chi connectivity index (χ4v) is 5.92. The van der Waals surface area contributed by atoms with Crippen LogP contribution in [0.3, 0.4) is 0 Å². The highest BCUT2D eigenvalue weighted by Crippen LogP contribution is 2.65. The number of halogens is 2. The highest BCUT2D eigenvalue weighted by molar-refractivity contribution is 5.15. The van der Waals surface area contributed by atoms with Crippen molar-refractivity contribution >= 4 is 0 Å². The molecule has 4 atom stereocenters. The standard InChI is InChI=1S/C18H30F2O3/c1-13(2)23-18-7-14-5-16(9-18,12-22-11-15(3,19)20)8-17(6-14,10-18)21-4/h13-14H,5-12H2,1-4H3. The Bertz CT molecular complexity index is 446. The third-order valence-electron chi connectivity index (χ3n) is 5.76. The molecule has 0 aromatic heterocycles. The molecular formula is C18H30F2O3. The Kier molecular flexibility index (Phi) is 4.30. The van der Waals surface area contributed by atoms with Gasteiger partial charge in [-0.15, -0.1) is 0 Å². The van der Waals surface area contributed by atoms with Crippen molar-refractivity contribution in [1.29, 1.82) is 0 Å². The lowest BCUT2D eigenvalue weighted by Gasteiger charge is -2.65. The average Bonchev–Trinajstić information content (AvgIpc) is 2.33. The first-order valence-electron chi connectivity index (χ1n) is 8.78. The van der Waals surface area contributed by atoms with Gasteiger partial charge >= 0.3 is 0 Å². The minimum atomic E-state index is -2.77. The second-order valence-electron chi connectivity index (χ2n) is 8.81. The van der Waals surface area contributed by atoms with Gasteiger partial charge in [-0.25, -0.2) is 8.78 Å². The maximum Gasteiger partial charge on any atom is 0.268 e. The fourth-order valence-electron chi connectivity index (χ4n) is 5.92. The van der Waals surface area contributed by atoms with Crippen molar-refractivity contribution in [3.63, 3.8) is 0 Å². The Morgan fingerprint density at radius 2 is 1.74 bits per heavy atom. The molecule has 0 radical (unpaired) electrons. The topological polar surface area (TPSA) is 27.7 Å². The zero-order chi connectivity index (χ0) is 16.9. The van der Waals surface area contributed by atoms with E-state index in [9.17, 15) is 8.78 Å². The van der Waals surface area contributed by atoms with Gasteiger partial charge in [-0.2, -0.15) is 0 Å². The summed E-state index contributed by atoms with van der Waals surface area (Å²) in [5.41, 5.74) is -0.399. The van der Waals surface area contributed by atoms with Crippen LogP contribution in [0.1, 0.15) is 59.3 Å². The number of hydrogen-bond donors (Lipinski definition) is 0. The van der Waals surface area contributed by atoms with E-state index in [0.717, 1.165) is 45.4 Å². The second-order valence-corrected chi connectivity index (χ2v) is 8.81. The van der Waals surface area contributed by atoms with Crippen molar-refractivity contribution in [2.45, 2.75) is 82.5 Å². The molecule has 4 saturated carbocycles. The maximum absolute atomic E-state index is 13.1. The van der Waals surface area contributed by atoms with Crippen LogP contribution in [0.5, 0.6) is 0 Å². The van der Waals surface area contributed by atoms with Gasteiger partial charge < -0.3 is 14.2 Å². The molecule has 5 heteroatoms. The molecule has 0 heterocycles. The summed E-state index contributed by atoms with van der Waals surface area (Å²) in [4.78, 5) is 0. The van der Waals surface area contributed by atoms with E-state index in [1.165, 1.54) is 0 Å². The van der Waals surface area contributed by atoms with E-state index in [1.807, 2.05) is 0 Å². The van der Waals surface area contributed by atoms with E-state index in [0.29, 0.717) is 12.5 Å². The maximum atomic E-state index is 13.1. The van der Waals surface area contributed by atoms with Gasteiger partial charge in [-0.05, 0) is 57.3 Å². The number of alkyl halides is 2. The minimum Gasteiger partial charge on any atom is -0.378 e. The van der Waals surface area contributed by atoms with Gasteiger partial charge in [-0.3, -0.25) is 0 Å². The molecule has 134 valence electrons. The van der Waals surface area contributed by atoms with E-state index in [4.69, 9.17) is 14.2 Å². The lowest BCUT2D eigenvalue weighted by atomic mass is 9.46. The van der Waals surface area contributed by atoms with Gasteiger partial charge in [0.2, 0.25) is 0 Å². The quantitative estimate of drug-likeness (QED) is 0.699. The van der Waals surface area contributed by atoms with Crippen molar-refractivity contribution in [2.75, 3.05) is 20.3 Å². The van der Waals surface area contributed by atoms with E-state index in [2.05, 4.69) is 13.8 Å². The van der Waals surface area contributed by atoms with Gasteiger partial charge in [0, 0.05) is 20.5 Å². The van der Waals surface area contributed by atoms with Crippen molar-refractivity contribution in [1.82, 2.24) is 0 Å². The second kappa shape index (κ2) is 5.63. The molecule has 4 aliphatic carbocycles. The molecule has 0 spiro atoms. The van der Waals surface area contributed by atoms with Gasteiger partial charge in [0.1, 0.15) is 6.61 Å². The van der Waals surface area contributed by atoms with Gasteiger partial charge in [-0.1, -0.05) is 0 Å². The van der Waals surface area contributed by atoms with Crippen LogP contribution in [0.15, 0.2) is 0 Å². The van der Waals surface area contributed by atoms with Gasteiger partial charge in [0.05, 0.1) is 23.9 Å². The third-order valence-corrected chi connectivity index (χ3v) is 5.76. The first-order valence-corrected chi connectivity index (χ1v) is 8.78. The predicted octanol–water partition coefficient (Wildman–Crippen LogP) is 4.19. The SMILES string of the molecule is COC12CC3CC(COCC(C)(F)F)(C1)CC(OC(C)C)(C3)C2. The van der Waals surface area contributed by atoms with Crippen molar-refractivity contribution < 1.29 is 23.0 Å². The molecule has 0 aromatic carbocycles. The van der Waals surface area contributed by atoms with E-state index in [-0.39, 0.29) is 22.7 Å². The Labute approximate surface area is 138 Å². The van der Waals surface area contributed by atoms with Crippen molar-refractivity contribution in [3.8, 4) is 0 Å². The first-order chi connectivity index (χ1) is 10.6. The Balaban J connectivity index is 1.78. The summed E-state index contributed by atoms with van der Waals surface area (Å²) in [6.07, 6.45) is 6.10. The smallest absolute Gasteiger partial charge is 0.268 e. The summed E-state index contributed by atoms with van der Waals surface area (Å²) in [6.45, 7) is 4.93. The van der Waals surface area contributed by atoms with Crippen LogP contribution in [0, 0.1) is 11.3 Å². The molecule has 23 heavy (non-hydrogen) atoms. The first kappa shape index (κ1) is 17.6. The molecule has 3 nitrogen and oxygen atoms in total. The number of hydrogen-bond acceptors (Lipinski definition) is 3. The highest BCUT2D eigenvalue weighted by atomic mass is 19.3. The molecule has 0 aliphatic heterocycles. The van der Waals surface area contributed by atoms with Gasteiger partial charge in [0.25, 0.3) is 5.92 Å². The van der Waals surface area contributed by atoms with Crippen LogP contribution < -0.4 is 0 Å². The van der Waals surface area contributed by atoms with E-state index in [1.54, 1.807) is 7.11 Å². The molecular weight excluding hydrogens is 302 g/mol. The molecule has 4 rings (SSSR count). The lowest BCUT2D eigenvalue weighted by Crippen LogP contribution is -2.65. The van der Waals surface area contributed by atoms with Crippen LogP contribution >= 0.6 is 0 Å². The van der Waals surface area contributed by atoms with Gasteiger partial charge in [0.15, 0.2) is 0 Å².